The maximum Gasteiger partial charge on any atom is 0.262 e. The average molecular weight is 302 g/mol. The van der Waals surface area contributed by atoms with Crippen molar-refractivity contribution in [2.45, 2.75) is 19.4 Å². The third kappa shape index (κ3) is 3.17. The normalized spacial score (nSPS) is 12.3. The molecule has 0 saturated heterocycles. The summed E-state index contributed by atoms with van der Waals surface area (Å²) in [5, 5.41) is 0.108. The number of carbonyl (C=O) groups is 1. The van der Waals surface area contributed by atoms with E-state index in [1.807, 2.05) is 0 Å². The molecule has 0 bridgehead atoms. The summed E-state index contributed by atoms with van der Waals surface area (Å²) in [7, 11) is 0. The van der Waals surface area contributed by atoms with E-state index in [-0.39, 0.29) is 15.8 Å². The number of ether oxygens (including phenoxy) is 1. The van der Waals surface area contributed by atoms with Crippen molar-refractivity contribution >= 4 is 51.6 Å². The quantitative estimate of drug-likeness (QED) is 0.601. The summed E-state index contributed by atoms with van der Waals surface area (Å²) >= 11 is 22.8. The standard InChI is InChI=1S/C10H8Cl4O2/c1-2-6(10(14)15)16-7-4-3-5(11)8(12)9(7)13/h3-4,6H,2H2,1H3. The number of hydrogen-bond donors (Lipinski definition) is 0. The van der Waals surface area contributed by atoms with Crippen molar-refractivity contribution in [3.05, 3.63) is 27.2 Å². The lowest BCUT2D eigenvalue weighted by Gasteiger charge is -2.15. The van der Waals surface area contributed by atoms with Crippen LogP contribution in [0.3, 0.4) is 0 Å². The summed E-state index contributed by atoms with van der Waals surface area (Å²) in [6.45, 7) is 1.77. The molecule has 0 saturated carbocycles. The van der Waals surface area contributed by atoms with Gasteiger partial charge in [0.1, 0.15) is 10.8 Å². The van der Waals surface area contributed by atoms with Crippen molar-refractivity contribution in [3.63, 3.8) is 0 Å². The van der Waals surface area contributed by atoms with Gasteiger partial charge in [-0.3, -0.25) is 4.79 Å². The van der Waals surface area contributed by atoms with Crippen molar-refractivity contribution in [3.8, 4) is 5.75 Å². The highest BCUT2D eigenvalue weighted by atomic mass is 35.5. The maximum atomic E-state index is 11.0. The minimum atomic E-state index is -0.739. The van der Waals surface area contributed by atoms with Crippen LogP contribution >= 0.6 is 46.4 Å². The van der Waals surface area contributed by atoms with E-state index in [1.165, 1.54) is 6.07 Å². The van der Waals surface area contributed by atoms with Crippen LogP contribution in [0.15, 0.2) is 12.1 Å². The van der Waals surface area contributed by atoms with Gasteiger partial charge in [-0.15, -0.1) is 0 Å². The van der Waals surface area contributed by atoms with Gasteiger partial charge in [0.2, 0.25) is 0 Å². The average Bonchev–Trinajstić information content (AvgIpc) is 2.25. The van der Waals surface area contributed by atoms with E-state index in [9.17, 15) is 4.79 Å². The predicted molar refractivity (Wildman–Crippen MR) is 67.0 cm³/mol. The predicted octanol–water partition coefficient (Wildman–Crippen LogP) is 4.57. The Bertz CT molecular complexity index is 406. The van der Waals surface area contributed by atoms with Crippen molar-refractivity contribution in [2.24, 2.45) is 0 Å². The number of halogens is 4. The highest BCUT2D eigenvalue weighted by Crippen LogP contribution is 2.37. The molecular formula is C10H8Cl4O2. The van der Waals surface area contributed by atoms with E-state index in [4.69, 9.17) is 51.1 Å². The van der Waals surface area contributed by atoms with Crippen LogP contribution in [-0.2, 0) is 4.79 Å². The van der Waals surface area contributed by atoms with Crippen LogP contribution in [0.25, 0.3) is 0 Å². The zero-order chi connectivity index (χ0) is 12.3. The highest BCUT2D eigenvalue weighted by molar-refractivity contribution is 6.64. The molecule has 0 aliphatic carbocycles. The van der Waals surface area contributed by atoms with Crippen molar-refractivity contribution in [2.75, 3.05) is 0 Å². The van der Waals surface area contributed by atoms with E-state index in [0.29, 0.717) is 11.4 Å². The van der Waals surface area contributed by atoms with Crippen LogP contribution in [-0.4, -0.2) is 11.3 Å². The lowest BCUT2D eigenvalue weighted by Crippen LogP contribution is -2.22. The molecule has 0 spiro atoms. The third-order valence-corrected chi connectivity index (χ3v) is 3.41. The summed E-state index contributed by atoms with van der Waals surface area (Å²) in [6.07, 6.45) is -0.296. The Morgan fingerprint density at radius 2 is 1.94 bits per heavy atom. The van der Waals surface area contributed by atoms with E-state index in [0.717, 1.165) is 0 Å². The molecule has 1 rings (SSSR count). The second kappa shape index (κ2) is 5.97. The van der Waals surface area contributed by atoms with Gasteiger partial charge in [-0.25, -0.2) is 0 Å². The molecule has 16 heavy (non-hydrogen) atoms. The Labute approximate surface area is 113 Å². The fourth-order valence-corrected chi connectivity index (χ4v) is 1.81. The van der Waals surface area contributed by atoms with Crippen LogP contribution in [0.2, 0.25) is 15.1 Å². The SMILES string of the molecule is CCC(Oc1ccc(Cl)c(Cl)c1Cl)C(=O)Cl. The molecule has 0 aliphatic rings. The van der Waals surface area contributed by atoms with Crippen LogP contribution in [0.4, 0.5) is 0 Å². The van der Waals surface area contributed by atoms with E-state index in [2.05, 4.69) is 0 Å². The Morgan fingerprint density at radius 1 is 1.31 bits per heavy atom. The molecule has 1 aromatic carbocycles. The Balaban J connectivity index is 2.97. The van der Waals surface area contributed by atoms with Gasteiger partial charge in [-0.2, -0.15) is 0 Å². The molecule has 0 radical (unpaired) electrons. The second-order valence-corrected chi connectivity index (χ2v) is 4.53. The first-order valence-corrected chi connectivity index (χ1v) is 5.98. The molecule has 0 N–H and O–H groups in total. The maximum absolute atomic E-state index is 11.0. The second-order valence-electron chi connectivity index (χ2n) is 2.99. The van der Waals surface area contributed by atoms with Gasteiger partial charge in [0, 0.05) is 0 Å². The van der Waals surface area contributed by atoms with Crippen molar-refractivity contribution in [1.29, 1.82) is 0 Å². The molecule has 1 atom stereocenters. The fourth-order valence-electron chi connectivity index (χ4n) is 1.04. The summed E-state index contributed by atoms with van der Waals surface area (Å²) < 4.78 is 5.34. The molecule has 0 heterocycles. The number of hydrogen-bond acceptors (Lipinski definition) is 2. The molecule has 0 aliphatic heterocycles. The van der Waals surface area contributed by atoms with Crippen LogP contribution in [0, 0.1) is 0 Å². The first kappa shape index (κ1) is 13.9. The highest BCUT2D eigenvalue weighted by Gasteiger charge is 2.18. The minimum Gasteiger partial charge on any atom is -0.480 e. The molecule has 1 aromatic rings. The molecule has 0 amide bonds. The molecule has 1 unspecified atom stereocenters. The van der Waals surface area contributed by atoms with Crippen molar-refractivity contribution in [1.82, 2.24) is 0 Å². The van der Waals surface area contributed by atoms with Crippen molar-refractivity contribution < 1.29 is 9.53 Å². The zero-order valence-electron chi connectivity index (χ0n) is 8.27. The lowest BCUT2D eigenvalue weighted by atomic mass is 10.3. The first-order valence-electron chi connectivity index (χ1n) is 4.46. The molecule has 0 aromatic heterocycles. The summed E-state index contributed by atoms with van der Waals surface area (Å²) in [5.41, 5.74) is 0. The topological polar surface area (TPSA) is 26.3 Å². The molecule has 2 nitrogen and oxygen atoms in total. The summed E-state index contributed by atoms with van der Waals surface area (Å²) in [6, 6.07) is 3.08. The number of benzene rings is 1. The Morgan fingerprint density at radius 3 is 2.44 bits per heavy atom. The fraction of sp³-hybridized carbons (Fsp3) is 0.300. The van der Waals surface area contributed by atoms with Gasteiger partial charge >= 0.3 is 0 Å². The van der Waals surface area contributed by atoms with Gasteiger partial charge in [-0.05, 0) is 30.2 Å². The monoisotopic (exact) mass is 300 g/mol. The number of carbonyl (C=O) groups excluding carboxylic acids is 1. The largest absolute Gasteiger partial charge is 0.480 e. The third-order valence-electron chi connectivity index (χ3n) is 1.89. The molecule has 6 heteroatoms. The number of rotatable bonds is 4. The van der Waals surface area contributed by atoms with E-state index in [1.54, 1.807) is 13.0 Å². The molecule has 0 fully saturated rings. The Kier molecular flexibility index (Phi) is 5.19. The van der Waals surface area contributed by atoms with Crippen LogP contribution in [0.1, 0.15) is 13.3 Å². The smallest absolute Gasteiger partial charge is 0.262 e. The van der Waals surface area contributed by atoms with Crippen LogP contribution < -0.4 is 4.74 Å². The summed E-state index contributed by atoms with van der Waals surface area (Å²) in [4.78, 5) is 11.0. The Hall–Kier alpha value is -0.150. The minimum absolute atomic E-state index is 0.172. The van der Waals surface area contributed by atoms with Gasteiger partial charge in [-0.1, -0.05) is 41.7 Å². The summed E-state index contributed by atoms with van der Waals surface area (Å²) in [5.74, 6) is 0.289. The lowest BCUT2D eigenvalue weighted by molar-refractivity contribution is -0.117. The first-order chi connectivity index (χ1) is 7.47. The van der Waals surface area contributed by atoms with E-state index < -0.39 is 11.3 Å². The van der Waals surface area contributed by atoms with Gasteiger partial charge in [0.15, 0.2) is 6.10 Å². The van der Waals surface area contributed by atoms with Gasteiger partial charge in [0.05, 0.1) is 10.0 Å². The van der Waals surface area contributed by atoms with E-state index >= 15 is 0 Å². The molecular weight excluding hydrogens is 294 g/mol. The van der Waals surface area contributed by atoms with Gasteiger partial charge in [0.25, 0.3) is 5.24 Å². The van der Waals surface area contributed by atoms with Gasteiger partial charge < -0.3 is 4.74 Å². The zero-order valence-corrected chi connectivity index (χ0v) is 11.3. The molecule has 88 valence electrons. The van der Waals surface area contributed by atoms with Crippen LogP contribution in [0.5, 0.6) is 5.75 Å².